The Kier molecular flexibility index (Phi) is 20.3. The van der Waals surface area contributed by atoms with Crippen LogP contribution in [0.1, 0.15) is 74.1 Å². The third kappa shape index (κ3) is 14.5. The minimum absolute atomic E-state index is 0.0763. The monoisotopic (exact) mass is 1460 g/mol. The highest BCUT2D eigenvalue weighted by Crippen LogP contribution is 2.52. The lowest BCUT2D eigenvalue weighted by Gasteiger charge is -2.27. The Balaban J connectivity index is 1.35. The van der Waals surface area contributed by atoms with E-state index < -0.39 is 150 Å². The Labute approximate surface area is 545 Å². The van der Waals surface area contributed by atoms with E-state index in [9.17, 15) is 123 Å². The zero-order chi connectivity index (χ0) is 73.8. The molecule has 0 saturated carbocycles. The maximum atomic E-state index is 14.8. The van der Waals surface area contributed by atoms with E-state index in [0.717, 1.165) is 18.3 Å². The van der Waals surface area contributed by atoms with E-state index in [1.165, 1.54) is 146 Å². The lowest BCUT2D eigenvalue weighted by Crippen LogP contribution is -2.52. The maximum Gasteiger partial charge on any atom is 0.459 e. The summed E-state index contributed by atoms with van der Waals surface area (Å²) in [5.74, 6) is -48.7. The van der Waals surface area contributed by atoms with Crippen molar-refractivity contribution in [2.75, 3.05) is 0 Å². The van der Waals surface area contributed by atoms with E-state index in [4.69, 9.17) is 9.97 Å². The summed E-state index contributed by atoms with van der Waals surface area (Å²) in [6.07, 6.45) is -29.3. The number of aryl methyl sites for hydroxylation is 4. The summed E-state index contributed by atoms with van der Waals surface area (Å²) < 4.78 is 396. The second-order valence-electron chi connectivity index (χ2n) is 23.1. The Hall–Kier alpha value is -8.76. The molecule has 0 fully saturated rings. The van der Waals surface area contributed by atoms with E-state index >= 15 is 0 Å². The highest BCUT2D eigenvalue weighted by Gasteiger charge is 2.75. The largest absolute Gasteiger partial charge is 0.459 e. The van der Waals surface area contributed by atoms with Crippen LogP contribution in [0.4, 0.5) is 123 Å². The molecule has 0 aliphatic carbocycles. The minimum atomic E-state index is -6.69. The molecule has 0 radical (unpaired) electrons. The Morgan fingerprint density at radius 3 is 0.630 bits per heavy atom. The van der Waals surface area contributed by atoms with Gasteiger partial charge in [0.2, 0.25) is 22.8 Å². The number of rotatable bonds is 24. The molecule has 9 heterocycles. The Bertz CT molecular complexity index is 3840. The molecule has 0 atom stereocenters. The van der Waals surface area contributed by atoms with Crippen LogP contribution < -0.4 is 18.3 Å². The van der Waals surface area contributed by atoms with Crippen molar-refractivity contribution in [2.45, 2.75) is 150 Å². The Morgan fingerprint density at radius 2 is 0.450 bits per heavy atom. The topological polar surface area (TPSA) is 72.9 Å². The molecule has 2 aliphatic heterocycles. The molecular formula is C64H50F28N8+4. The van der Waals surface area contributed by atoms with E-state index in [1.807, 2.05) is 0 Å². The summed E-state index contributed by atoms with van der Waals surface area (Å²) in [7, 11) is 0. The quantitative estimate of drug-likeness (QED) is 0.0467. The van der Waals surface area contributed by atoms with Crippen LogP contribution in [0.15, 0.2) is 122 Å². The second-order valence-corrected chi connectivity index (χ2v) is 23.1. The number of alkyl halides is 28. The van der Waals surface area contributed by atoms with Gasteiger partial charge in [0, 0.05) is 99.9 Å². The van der Waals surface area contributed by atoms with Crippen molar-refractivity contribution in [1.82, 2.24) is 19.9 Å². The number of hydrogen-bond donors (Lipinski definition) is 2. The van der Waals surface area contributed by atoms with Crippen molar-refractivity contribution < 1.29 is 141 Å². The first-order valence-electron chi connectivity index (χ1n) is 29.6. The molecule has 0 saturated heterocycles. The summed E-state index contributed by atoms with van der Waals surface area (Å²) in [4.78, 5) is 16.0. The van der Waals surface area contributed by atoms with Gasteiger partial charge in [-0.2, -0.15) is 141 Å². The fourth-order valence-corrected chi connectivity index (χ4v) is 11.2. The number of nitrogens with zero attached hydrogens (tertiary/aromatic N) is 6. The molecule has 9 rings (SSSR count). The standard InChI is InChI=1S/C64H49F28N8/c65-53(66,57(73,74)61(81,82)83)25-9-33-97-29-5-1-13-45(97)49-37-17-19-39(93-37)50(46-14-2-6-30-98(46)34-10-26-54(67,68)58(75,76)62(84,85)86)41-21-23-43(95-41)52(48-16-4-8-32-100(48)36-12-28-56(71,72)60(79,80)64(90,91)92)44-24-22-42(96-44)51(40-20-18-38(49)94-40)47-15-3-7-31-99(47)35-11-27-55(69,70)59(77,78)63(87,88)89/h1-8,13-24,29-32H,9-12,25-28,33-36H2,(H,93,94,95,96)/q+3/p+1. The second kappa shape index (κ2) is 27.0. The smallest absolute Gasteiger partial charge is 0.354 e. The van der Waals surface area contributed by atoms with Gasteiger partial charge in [0.15, 0.2) is 24.8 Å². The van der Waals surface area contributed by atoms with Gasteiger partial charge in [-0.3, -0.25) is 0 Å². The van der Waals surface area contributed by atoms with Gasteiger partial charge in [0.1, 0.15) is 26.2 Å². The van der Waals surface area contributed by atoms with Gasteiger partial charge >= 0.3 is 72.1 Å². The molecule has 8 bridgehead atoms. The molecule has 538 valence electrons. The maximum absolute atomic E-state index is 14.8. The number of pyridine rings is 4. The molecule has 100 heavy (non-hydrogen) atoms. The zero-order valence-electron chi connectivity index (χ0n) is 50.6. The van der Waals surface area contributed by atoms with Gasteiger partial charge in [-0.05, 0) is 72.8 Å². The Morgan fingerprint density at radius 1 is 0.260 bits per heavy atom. The van der Waals surface area contributed by atoms with Crippen LogP contribution in [-0.4, -0.2) is 92.0 Å². The fraction of sp³-hybridized carbons (Fsp3) is 0.375. The average Bonchev–Trinajstić information content (AvgIpc) is 1.42. The first-order valence-corrected chi connectivity index (χ1v) is 29.6. The highest BCUT2D eigenvalue weighted by atomic mass is 19.5. The number of aromatic amines is 2. The third-order valence-electron chi connectivity index (χ3n) is 16.4. The van der Waals surface area contributed by atoms with Crippen molar-refractivity contribution in [2.24, 2.45) is 0 Å². The summed E-state index contributed by atoms with van der Waals surface area (Å²) in [5, 5.41) is 0. The molecule has 8 nitrogen and oxygen atoms in total. The molecule has 7 aromatic rings. The summed E-state index contributed by atoms with van der Waals surface area (Å²) >= 11 is 0. The van der Waals surface area contributed by atoms with Gasteiger partial charge in [0.25, 0.3) is 0 Å². The van der Waals surface area contributed by atoms with E-state index in [0.29, 0.717) is 0 Å². The lowest BCUT2D eigenvalue weighted by atomic mass is 10.0. The van der Waals surface area contributed by atoms with E-state index in [-0.39, 0.29) is 89.9 Å². The number of nitrogens with one attached hydrogen (secondary N) is 2. The molecule has 0 spiro atoms. The van der Waals surface area contributed by atoms with Gasteiger partial charge in [0.05, 0.1) is 67.1 Å². The molecule has 0 aromatic carbocycles. The molecular weight excluding hydrogens is 1410 g/mol. The first-order chi connectivity index (χ1) is 46.2. The van der Waals surface area contributed by atoms with Crippen LogP contribution in [0.3, 0.4) is 0 Å². The van der Waals surface area contributed by atoms with Crippen LogP contribution in [0.5, 0.6) is 0 Å². The molecule has 2 aliphatic rings. The first kappa shape index (κ1) is 75.4. The van der Waals surface area contributed by atoms with Crippen LogP contribution >= 0.6 is 0 Å². The van der Waals surface area contributed by atoms with Gasteiger partial charge in [-0.15, -0.1) is 0 Å². The van der Waals surface area contributed by atoms with Crippen molar-refractivity contribution in [3.05, 3.63) is 145 Å². The molecule has 36 heteroatoms. The molecule has 0 amide bonds. The number of halogens is 28. The number of aromatic nitrogens is 8. The minimum Gasteiger partial charge on any atom is -0.354 e. The van der Waals surface area contributed by atoms with E-state index in [1.54, 1.807) is 0 Å². The van der Waals surface area contributed by atoms with Crippen LogP contribution in [0, 0.1) is 0 Å². The van der Waals surface area contributed by atoms with Gasteiger partial charge < -0.3 is 9.97 Å². The normalized spacial score (nSPS) is 14.2. The summed E-state index contributed by atoms with van der Waals surface area (Å²) in [5.41, 5.74) is -1.67. The summed E-state index contributed by atoms with van der Waals surface area (Å²) in [6.45, 7) is -3.00. The third-order valence-corrected chi connectivity index (χ3v) is 16.4. The average molecular weight is 1460 g/mol. The van der Waals surface area contributed by atoms with Crippen LogP contribution in [-0.2, 0) is 26.2 Å². The molecule has 0 unspecified atom stereocenters. The van der Waals surface area contributed by atoms with Crippen LogP contribution in [0.25, 0.3) is 91.4 Å². The van der Waals surface area contributed by atoms with Crippen molar-refractivity contribution in [3.8, 4) is 45.0 Å². The number of fused-ring (bicyclic) bond motifs is 8. The molecule has 2 N–H and O–H groups in total. The molecule has 7 aromatic heterocycles. The highest BCUT2D eigenvalue weighted by molar-refractivity contribution is 5.97. The van der Waals surface area contributed by atoms with Crippen LogP contribution in [0.2, 0.25) is 0 Å². The zero-order valence-corrected chi connectivity index (χ0v) is 50.6. The van der Waals surface area contributed by atoms with Crippen molar-refractivity contribution >= 4 is 46.4 Å². The fourth-order valence-electron chi connectivity index (χ4n) is 11.2. The summed E-state index contributed by atoms with van der Waals surface area (Å²) in [6, 6.07) is 21.2. The van der Waals surface area contributed by atoms with Gasteiger partial charge in [-0.1, -0.05) is 0 Å². The van der Waals surface area contributed by atoms with Gasteiger partial charge in [-0.25, -0.2) is 9.97 Å². The van der Waals surface area contributed by atoms with Crippen molar-refractivity contribution in [3.63, 3.8) is 0 Å². The predicted octanol–water partition coefficient (Wildman–Crippen LogP) is 18.9. The number of H-pyrrole nitrogens is 2. The van der Waals surface area contributed by atoms with Crippen molar-refractivity contribution in [1.29, 1.82) is 0 Å². The number of hydrogen-bond acceptors (Lipinski definition) is 2. The predicted molar refractivity (Wildman–Crippen MR) is 302 cm³/mol. The van der Waals surface area contributed by atoms with E-state index in [2.05, 4.69) is 9.97 Å². The SMILES string of the molecule is FC(F)(F)C(F)(F)C(F)(F)CCC[n+]1ccccc1-c1c2nc(c(-c3cccc[n+]3CCCC(F)(F)C(F)(F)C(F)(F)F)c3ccc([nH]3)c(-c3cccc[n+]3CCCC(F)(F)C(F)(F)C(F)(F)F)c3nc(c(-c4cccc[n+]4CCCC(F)(F)C(F)(F)C(F)(F)F)c4ccc1[nH]4)C=C3)C=C2. The lowest BCUT2D eigenvalue weighted by molar-refractivity contribution is -0.687.